The van der Waals surface area contributed by atoms with Crippen LogP contribution < -0.4 is 21.4 Å². The zero-order chi connectivity index (χ0) is 24.5. The van der Waals surface area contributed by atoms with Crippen LogP contribution in [-0.2, 0) is 32.3 Å². The molecule has 0 atom stereocenters. The number of rotatable bonds is 7. The first-order valence-corrected chi connectivity index (χ1v) is 10.2. The summed E-state index contributed by atoms with van der Waals surface area (Å²) >= 11 is 0. The third-order valence-corrected chi connectivity index (χ3v) is 4.64. The molecule has 0 aliphatic heterocycles. The number of benzene rings is 1. The van der Waals surface area contributed by atoms with Crippen molar-refractivity contribution >= 4 is 35.5 Å². The van der Waals surface area contributed by atoms with E-state index in [0.717, 1.165) is 11.1 Å². The molecule has 0 aliphatic carbocycles. The Bertz CT molecular complexity index is 1210. The van der Waals surface area contributed by atoms with Gasteiger partial charge in [-0.2, -0.15) is 5.10 Å². The van der Waals surface area contributed by atoms with Crippen molar-refractivity contribution in [3.63, 3.8) is 0 Å². The van der Waals surface area contributed by atoms with Gasteiger partial charge in [-0.1, -0.05) is 6.07 Å². The molecule has 0 saturated heterocycles. The topological polar surface area (TPSA) is 155 Å². The average molecular weight is 465 g/mol. The van der Waals surface area contributed by atoms with Crippen LogP contribution in [0.4, 0.5) is 5.69 Å². The van der Waals surface area contributed by atoms with Crippen molar-refractivity contribution in [2.24, 2.45) is 5.10 Å². The molecule has 1 aromatic carbocycles. The fourth-order valence-electron chi connectivity index (χ4n) is 2.68. The van der Waals surface area contributed by atoms with E-state index >= 15 is 0 Å². The van der Waals surface area contributed by atoms with Gasteiger partial charge in [0.2, 0.25) is 0 Å². The van der Waals surface area contributed by atoms with Crippen LogP contribution in [0.25, 0.3) is 0 Å². The van der Waals surface area contributed by atoms with Gasteiger partial charge in [0.15, 0.2) is 0 Å². The number of furan rings is 2. The highest BCUT2D eigenvalue weighted by Gasteiger charge is 2.15. The highest BCUT2D eigenvalue weighted by atomic mass is 16.3. The first-order chi connectivity index (χ1) is 16.3. The molecular weight excluding hydrogens is 442 g/mol. The molecule has 3 rings (SSSR count). The molecule has 0 unspecified atom stereocenters. The highest BCUT2D eigenvalue weighted by molar-refractivity contribution is 6.39. The Morgan fingerprint density at radius 1 is 0.853 bits per heavy atom. The summed E-state index contributed by atoms with van der Waals surface area (Å²) in [5, 5.41) is 11.0. The van der Waals surface area contributed by atoms with Crippen LogP contribution in [0.5, 0.6) is 0 Å². The van der Waals surface area contributed by atoms with Gasteiger partial charge < -0.3 is 24.8 Å². The molecule has 0 radical (unpaired) electrons. The minimum Gasteiger partial charge on any atom is -0.467 e. The third-order valence-electron chi connectivity index (χ3n) is 4.64. The molecule has 11 nitrogen and oxygen atoms in total. The molecular formula is C23H23N5O6. The molecule has 34 heavy (non-hydrogen) atoms. The molecule has 4 N–H and O–H groups in total. The second-order valence-corrected chi connectivity index (χ2v) is 7.20. The predicted molar refractivity (Wildman–Crippen MR) is 121 cm³/mol. The average Bonchev–Trinajstić information content (AvgIpc) is 3.50. The number of hydrazone groups is 1. The van der Waals surface area contributed by atoms with Crippen LogP contribution in [-0.4, -0.2) is 29.8 Å². The number of hydrogen-bond donors (Lipinski definition) is 4. The van der Waals surface area contributed by atoms with E-state index in [2.05, 4.69) is 26.5 Å². The summed E-state index contributed by atoms with van der Waals surface area (Å²) < 4.78 is 10.5. The van der Waals surface area contributed by atoms with Crippen molar-refractivity contribution in [2.75, 3.05) is 5.32 Å². The minimum atomic E-state index is -0.961. The molecule has 2 heterocycles. The molecule has 2 aromatic heterocycles. The fourth-order valence-corrected chi connectivity index (χ4v) is 2.68. The van der Waals surface area contributed by atoms with Gasteiger partial charge in [0, 0.05) is 5.69 Å². The minimum absolute atomic E-state index is 0.0332. The number of amides is 4. The Labute approximate surface area is 194 Å². The first-order valence-electron chi connectivity index (χ1n) is 10.2. The van der Waals surface area contributed by atoms with E-state index in [9.17, 15) is 19.2 Å². The molecule has 3 aromatic rings. The van der Waals surface area contributed by atoms with Gasteiger partial charge in [-0.15, -0.1) is 0 Å². The summed E-state index contributed by atoms with van der Waals surface area (Å²) in [6.07, 6.45) is 2.64. The van der Waals surface area contributed by atoms with Gasteiger partial charge in [-0.3, -0.25) is 19.2 Å². The van der Waals surface area contributed by atoms with Crippen LogP contribution in [0, 0.1) is 13.8 Å². The lowest BCUT2D eigenvalue weighted by atomic mass is 10.1. The van der Waals surface area contributed by atoms with E-state index in [4.69, 9.17) is 8.83 Å². The monoisotopic (exact) mass is 465 g/mol. The maximum Gasteiger partial charge on any atom is 0.329 e. The lowest BCUT2D eigenvalue weighted by Gasteiger charge is -2.07. The largest absolute Gasteiger partial charge is 0.467 e. The van der Waals surface area contributed by atoms with Crippen LogP contribution >= 0.6 is 0 Å². The van der Waals surface area contributed by atoms with E-state index in [-0.39, 0.29) is 18.8 Å². The number of hydrogen-bond acceptors (Lipinski definition) is 7. The summed E-state index contributed by atoms with van der Waals surface area (Å²) in [4.78, 5) is 47.5. The van der Waals surface area contributed by atoms with Crippen LogP contribution in [0.15, 0.2) is 62.7 Å². The number of nitrogens with zero attached hydrogens (tertiary/aromatic N) is 1. The summed E-state index contributed by atoms with van der Waals surface area (Å²) in [5.41, 5.74) is 4.67. The molecule has 0 bridgehead atoms. The smallest absolute Gasteiger partial charge is 0.329 e. The quantitative estimate of drug-likeness (QED) is 0.236. The molecule has 0 aliphatic rings. The summed E-state index contributed by atoms with van der Waals surface area (Å²) in [5.74, 6) is -2.34. The zero-order valence-corrected chi connectivity index (χ0v) is 18.5. The fraction of sp³-hybridized carbons (Fsp3) is 0.174. The van der Waals surface area contributed by atoms with Gasteiger partial charge in [0.05, 0.1) is 25.6 Å². The number of nitrogens with one attached hydrogen (secondary N) is 4. The second-order valence-electron chi connectivity index (χ2n) is 7.20. The van der Waals surface area contributed by atoms with E-state index < -0.39 is 23.6 Å². The number of carbonyl (C=O) groups is 4. The Hall–Kier alpha value is -4.67. The molecule has 0 fully saturated rings. The number of aryl methyl sites for hydroxylation is 2. The van der Waals surface area contributed by atoms with Crippen LogP contribution in [0.2, 0.25) is 0 Å². The summed E-state index contributed by atoms with van der Waals surface area (Å²) in [6, 6.07) is 11.8. The lowest BCUT2D eigenvalue weighted by Crippen LogP contribution is -2.37. The molecule has 4 amide bonds. The predicted octanol–water partition coefficient (Wildman–Crippen LogP) is 1.51. The Morgan fingerprint density at radius 3 is 2.29 bits per heavy atom. The molecule has 0 saturated carbocycles. The van der Waals surface area contributed by atoms with Crippen molar-refractivity contribution < 1.29 is 28.0 Å². The van der Waals surface area contributed by atoms with Crippen molar-refractivity contribution in [3.05, 3.63) is 77.1 Å². The van der Waals surface area contributed by atoms with Crippen LogP contribution in [0.1, 0.15) is 28.4 Å². The number of carbonyl (C=O) groups excluding carboxylic acids is 4. The Kier molecular flexibility index (Phi) is 7.95. The number of anilines is 1. The Balaban J connectivity index is 1.41. The highest BCUT2D eigenvalue weighted by Crippen LogP contribution is 2.14. The zero-order valence-electron chi connectivity index (χ0n) is 18.5. The van der Waals surface area contributed by atoms with Crippen LogP contribution in [0.3, 0.4) is 0 Å². The maximum atomic E-state index is 12.1. The van der Waals surface area contributed by atoms with Gasteiger partial charge in [0.1, 0.15) is 17.3 Å². The van der Waals surface area contributed by atoms with Crippen molar-refractivity contribution in [2.45, 2.75) is 26.9 Å². The summed E-state index contributed by atoms with van der Waals surface area (Å²) in [6.45, 7) is 3.89. The van der Waals surface area contributed by atoms with E-state index in [1.165, 1.54) is 12.5 Å². The van der Waals surface area contributed by atoms with Gasteiger partial charge in [-0.25, -0.2) is 5.43 Å². The van der Waals surface area contributed by atoms with Gasteiger partial charge >= 0.3 is 23.6 Å². The van der Waals surface area contributed by atoms with E-state index in [0.29, 0.717) is 17.2 Å². The van der Waals surface area contributed by atoms with Gasteiger partial charge in [-0.05, 0) is 61.4 Å². The SMILES string of the molecule is Cc1ccc(NC(=O)C(=O)NCc2ccc(/C=N/NC(=O)C(=O)NCc3ccco3)o2)cc1C. The lowest BCUT2D eigenvalue weighted by molar-refractivity contribution is -0.139. The van der Waals surface area contributed by atoms with Crippen molar-refractivity contribution in [1.82, 2.24) is 16.1 Å². The maximum absolute atomic E-state index is 12.1. The first kappa shape index (κ1) is 24.0. The molecule has 176 valence electrons. The third kappa shape index (κ3) is 6.92. The van der Waals surface area contributed by atoms with E-state index in [1.807, 2.05) is 19.9 Å². The second kappa shape index (κ2) is 11.3. The molecule has 11 heteroatoms. The van der Waals surface area contributed by atoms with E-state index in [1.54, 1.807) is 36.4 Å². The van der Waals surface area contributed by atoms with Gasteiger partial charge in [0.25, 0.3) is 0 Å². The molecule has 0 spiro atoms. The van der Waals surface area contributed by atoms with Crippen molar-refractivity contribution in [1.29, 1.82) is 0 Å². The normalized spacial score (nSPS) is 10.6. The standard InChI is InChI=1S/C23H23N5O6/c1-14-5-6-16(10-15(14)2)27-22(31)20(29)25-12-18-7-8-19(34-18)13-26-28-23(32)21(30)24-11-17-4-3-9-33-17/h3-10,13H,11-12H2,1-2H3,(H,24,30)(H,25,29)(H,27,31)(H,28,32)/b26-13+. The summed E-state index contributed by atoms with van der Waals surface area (Å²) in [7, 11) is 0. The van der Waals surface area contributed by atoms with Crippen molar-refractivity contribution in [3.8, 4) is 0 Å². The Morgan fingerprint density at radius 2 is 1.59 bits per heavy atom.